The second-order valence-corrected chi connectivity index (χ2v) is 21.1. The summed E-state index contributed by atoms with van der Waals surface area (Å²) in [4.78, 5) is 118. The molecule has 3 aromatic heterocycles. The number of nitrogens with one attached hydrogen (secondary N) is 4. The van der Waals surface area contributed by atoms with Gasteiger partial charge >= 0.3 is 35.5 Å². The molecule has 3 aliphatic rings. The lowest BCUT2D eigenvalue weighted by atomic mass is 9.88. The van der Waals surface area contributed by atoms with E-state index < -0.39 is 95.5 Å². The van der Waals surface area contributed by atoms with Crippen molar-refractivity contribution in [1.29, 1.82) is 0 Å². The Labute approximate surface area is 499 Å². The number of carbonyl (C=O) groups excluding carboxylic acids is 8. The maximum absolute atomic E-state index is 14.8. The Balaban J connectivity index is 0.000000196. The zero-order valence-electron chi connectivity index (χ0n) is 47.4. The lowest BCUT2D eigenvalue weighted by Gasteiger charge is -2.40. The summed E-state index contributed by atoms with van der Waals surface area (Å²) >= 11 is 0. The van der Waals surface area contributed by atoms with Gasteiger partial charge in [0.25, 0.3) is 0 Å². The quantitative estimate of drug-likeness (QED) is 0.0570. The molecule has 3 aliphatic heterocycles. The Bertz CT molecular complexity index is 3350. The van der Waals surface area contributed by atoms with E-state index in [9.17, 15) is 69.5 Å². The van der Waals surface area contributed by atoms with Crippen molar-refractivity contribution in [3.63, 3.8) is 0 Å². The van der Waals surface area contributed by atoms with Crippen LogP contribution < -0.4 is 38.5 Å². The van der Waals surface area contributed by atoms with Crippen molar-refractivity contribution in [2.75, 3.05) is 35.6 Å². The summed E-state index contributed by atoms with van der Waals surface area (Å²) < 4.78 is 82.6. The molecule has 3 fully saturated rings. The highest BCUT2D eigenvalue weighted by molar-refractivity contribution is 6.40. The number of primary amides is 3. The van der Waals surface area contributed by atoms with Crippen molar-refractivity contribution >= 4 is 70.3 Å². The maximum atomic E-state index is 14.8. The lowest BCUT2D eigenvalue weighted by molar-refractivity contribution is -0.148. The molecule has 0 aliphatic carbocycles. The number of likely N-dealkylation sites (tertiary alicyclic amines) is 2. The van der Waals surface area contributed by atoms with Gasteiger partial charge in [0.05, 0.1) is 70.5 Å². The summed E-state index contributed by atoms with van der Waals surface area (Å²) in [6.07, 6.45) is 4.71. The molecule has 464 valence electrons. The molecular weight excluding hydrogens is 1160 g/mol. The molecule has 9 atom stereocenters. The first-order chi connectivity index (χ1) is 41.7. The van der Waals surface area contributed by atoms with Crippen LogP contribution in [-0.2, 0) is 28.8 Å². The van der Waals surface area contributed by atoms with Crippen LogP contribution in [0.15, 0.2) is 128 Å². The van der Waals surface area contributed by atoms with Gasteiger partial charge in [0.1, 0.15) is 36.0 Å². The van der Waals surface area contributed by atoms with E-state index in [-0.39, 0.29) is 83.4 Å². The highest BCUT2D eigenvalue weighted by Gasteiger charge is 2.42. The fourth-order valence-corrected chi connectivity index (χ4v) is 9.78. The van der Waals surface area contributed by atoms with Gasteiger partial charge in [-0.25, -0.2) is 31.1 Å². The van der Waals surface area contributed by atoms with E-state index in [0.29, 0.717) is 23.5 Å². The molecule has 9 rings (SSSR count). The molecule has 6 aromatic rings. The normalized spacial score (nSPS) is 21.1. The van der Waals surface area contributed by atoms with Gasteiger partial charge in [0, 0.05) is 31.7 Å². The predicted molar refractivity (Wildman–Crippen MR) is 307 cm³/mol. The molecule has 28 heteroatoms. The number of anilines is 3. The van der Waals surface area contributed by atoms with Crippen LogP contribution in [0.2, 0.25) is 0 Å². The SMILES string of the molecule is C[C@@H]1CN[C@@H](c2ccc(F)cc2)C(F)C1.C[C@@H]1C[C@H](F)[C@@H](c2ccc(F)cc2)N(C(=O)C(=O)Nc2cncc(C(N)=O)c2)C1.C[C@H]1C[C@@H](F)[C@H](c2ccc(F)cc2)N(C(=O)C(=O)Nc2cncc(C(N)=O)c2)C1.NC(=O)c1cncc(NC(=O)C(=O)O)c1. The summed E-state index contributed by atoms with van der Waals surface area (Å²) in [6, 6.07) is 17.9. The number of rotatable bonds is 9. The zero-order valence-corrected chi connectivity index (χ0v) is 47.4. The summed E-state index contributed by atoms with van der Waals surface area (Å²) in [7, 11) is 0. The van der Waals surface area contributed by atoms with Gasteiger partial charge in [0.15, 0.2) is 0 Å². The van der Waals surface area contributed by atoms with Gasteiger partial charge in [-0.3, -0.25) is 53.3 Å². The van der Waals surface area contributed by atoms with Crippen LogP contribution in [0.1, 0.15) is 106 Å². The number of carboxylic acid groups (broad SMARTS) is 1. The van der Waals surface area contributed by atoms with Crippen molar-refractivity contribution in [2.45, 2.75) is 76.7 Å². The molecular formula is C60H62F6N12O10. The van der Waals surface area contributed by atoms with Crippen LogP contribution in [0.4, 0.5) is 43.4 Å². The number of pyridine rings is 3. The van der Waals surface area contributed by atoms with E-state index in [4.69, 9.17) is 22.3 Å². The summed E-state index contributed by atoms with van der Waals surface area (Å²) in [5.41, 5.74) is 17.5. The molecule has 11 N–H and O–H groups in total. The number of nitrogens with zero attached hydrogens (tertiary/aromatic N) is 5. The molecule has 0 spiro atoms. The monoisotopic (exact) mass is 1220 g/mol. The third-order valence-electron chi connectivity index (χ3n) is 13.9. The number of carboxylic acids is 1. The largest absolute Gasteiger partial charge is 0.474 e. The maximum Gasteiger partial charge on any atom is 0.394 e. The zero-order chi connectivity index (χ0) is 64.5. The first kappa shape index (κ1) is 67.0. The van der Waals surface area contributed by atoms with Crippen LogP contribution in [0.5, 0.6) is 0 Å². The van der Waals surface area contributed by atoms with Crippen LogP contribution >= 0.6 is 0 Å². The number of hydrogen-bond acceptors (Lipinski definition) is 13. The Hall–Kier alpha value is -10.1. The fourth-order valence-electron chi connectivity index (χ4n) is 9.78. The summed E-state index contributed by atoms with van der Waals surface area (Å²) in [5.74, 6) is -10.1. The molecule has 6 heterocycles. The number of hydrogen-bond donors (Lipinski definition) is 8. The number of halogens is 6. The molecule has 8 amide bonds. The van der Waals surface area contributed by atoms with Gasteiger partial charge in [-0.15, -0.1) is 0 Å². The number of aliphatic carboxylic acids is 1. The van der Waals surface area contributed by atoms with Crippen molar-refractivity contribution in [3.05, 3.63) is 179 Å². The number of nitrogens with two attached hydrogens (primary N) is 3. The molecule has 0 bridgehead atoms. The fraction of sp³-hybridized carbons (Fsp3) is 0.300. The van der Waals surface area contributed by atoms with Crippen molar-refractivity contribution in [2.24, 2.45) is 35.0 Å². The average molecular weight is 1230 g/mol. The van der Waals surface area contributed by atoms with E-state index in [0.717, 1.165) is 21.9 Å². The Morgan fingerprint density at radius 2 is 0.795 bits per heavy atom. The number of benzene rings is 3. The minimum Gasteiger partial charge on any atom is -0.474 e. The first-order valence-electron chi connectivity index (χ1n) is 27.1. The molecule has 1 unspecified atom stereocenters. The topological polar surface area (TPSA) is 345 Å². The van der Waals surface area contributed by atoms with Gasteiger partial charge < -0.3 is 53.4 Å². The minimum atomic E-state index is -1.63. The predicted octanol–water partition coefficient (Wildman–Crippen LogP) is 6.45. The second-order valence-electron chi connectivity index (χ2n) is 21.1. The third kappa shape index (κ3) is 18.7. The molecule has 22 nitrogen and oxygen atoms in total. The molecule has 0 radical (unpaired) electrons. The average Bonchev–Trinajstić information content (AvgIpc) is 1.34. The number of carbonyl (C=O) groups is 9. The van der Waals surface area contributed by atoms with Crippen LogP contribution in [0.3, 0.4) is 0 Å². The van der Waals surface area contributed by atoms with Crippen molar-refractivity contribution in [3.8, 4) is 0 Å². The van der Waals surface area contributed by atoms with E-state index in [1.165, 1.54) is 116 Å². The Kier molecular flexibility index (Phi) is 23.5. The highest BCUT2D eigenvalue weighted by atomic mass is 19.2. The van der Waals surface area contributed by atoms with E-state index in [2.05, 4.69) is 30.9 Å². The highest BCUT2D eigenvalue weighted by Crippen LogP contribution is 2.38. The third-order valence-corrected chi connectivity index (χ3v) is 13.9. The number of amides is 8. The number of aromatic nitrogens is 3. The lowest BCUT2D eigenvalue weighted by Crippen LogP contribution is -2.50. The van der Waals surface area contributed by atoms with Gasteiger partial charge in [0.2, 0.25) is 17.7 Å². The van der Waals surface area contributed by atoms with Crippen molar-refractivity contribution in [1.82, 2.24) is 30.1 Å². The smallest absolute Gasteiger partial charge is 0.394 e. The van der Waals surface area contributed by atoms with E-state index >= 15 is 0 Å². The van der Waals surface area contributed by atoms with Gasteiger partial charge in [-0.2, -0.15) is 0 Å². The second kappa shape index (κ2) is 30.8. The van der Waals surface area contributed by atoms with Crippen LogP contribution in [0, 0.1) is 35.2 Å². The van der Waals surface area contributed by atoms with Gasteiger partial charge in [-0.05, 0) is 115 Å². The van der Waals surface area contributed by atoms with E-state index in [1.807, 2.05) is 12.2 Å². The molecule has 88 heavy (non-hydrogen) atoms. The van der Waals surface area contributed by atoms with E-state index in [1.54, 1.807) is 26.0 Å². The molecule has 3 aromatic carbocycles. The molecule has 3 saturated heterocycles. The summed E-state index contributed by atoms with van der Waals surface area (Å²) in [5, 5.41) is 18.2. The van der Waals surface area contributed by atoms with Gasteiger partial charge in [-0.1, -0.05) is 57.2 Å². The molecule has 0 saturated carbocycles. The summed E-state index contributed by atoms with van der Waals surface area (Å²) in [6.45, 7) is 6.77. The number of piperidine rings is 3. The first-order valence-corrected chi connectivity index (χ1v) is 27.1. The Morgan fingerprint density at radius 1 is 0.477 bits per heavy atom. The standard InChI is InChI=1S/2C20H20F2N4O3.C12H15F2N.C8H7N3O4/c2*1-11-6-16(22)17(12-2-4-14(21)5-3-12)26(10-11)20(29)19(28)25-15-7-13(18(23)27)8-24-9-15;1-8-6-11(14)12(15-7-8)9-2-4-10(13)5-3-9;9-6(12)4-1-5(3-10-2-4)11-7(13)8(14)15/h2*2-5,7-9,11,16-17H,6,10H2,1H3,(H2,23,27)(H,25,28);2-5,8,11-12,15H,6-7H2,1H3;1-3H,(H2,9,12)(H,11,13)(H,14,15)/t2*11-,16+,17-;8-,11?,12-;/m100./s1. The number of alkyl halides is 3. The van der Waals surface area contributed by atoms with Crippen LogP contribution in [0.25, 0.3) is 0 Å². The Morgan fingerprint density at radius 3 is 1.11 bits per heavy atom. The minimum absolute atomic E-state index is 0.0647. The van der Waals surface area contributed by atoms with Crippen molar-refractivity contribution < 1.29 is 74.6 Å². The van der Waals surface area contributed by atoms with Crippen LogP contribution in [-0.4, -0.2) is 121 Å².